The summed E-state index contributed by atoms with van der Waals surface area (Å²) < 4.78 is 0. The second-order valence-electron chi connectivity index (χ2n) is 9.41. The summed E-state index contributed by atoms with van der Waals surface area (Å²) in [6.07, 6.45) is 4.99. The highest BCUT2D eigenvalue weighted by atomic mass is 16.3. The fourth-order valence-electron chi connectivity index (χ4n) is 4.47. The minimum atomic E-state index is -0.740. The first kappa shape index (κ1) is 21.6. The van der Waals surface area contributed by atoms with Gasteiger partial charge in [0.1, 0.15) is 0 Å². The molecule has 2 aromatic rings. The van der Waals surface area contributed by atoms with Gasteiger partial charge in [0.2, 0.25) is 5.91 Å². The number of hydrogen-bond acceptors (Lipinski definition) is 3. The summed E-state index contributed by atoms with van der Waals surface area (Å²) in [6, 6.07) is 12.1. The molecule has 1 fully saturated rings. The Morgan fingerprint density at radius 2 is 1.97 bits per heavy atom. The highest BCUT2D eigenvalue weighted by molar-refractivity contribution is 6.03. The lowest BCUT2D eigenvalue weighted by Gasteiger charge is -2.23. The van der Waals surface area contributed by atoms with Crippen LogP contribution in [0.2, 0.25) is 0 Å². The number of fused-ring (bicyclic) bond motifs is 1. The SMILES string of the molecule is CCCC(C)(O)CCC1C(=O)Nc2cc(-c3cc(C(=O)NC4CC4)ccc3C)ccc21. The molecule has 1 aliphatic carbocycles. The number of nitrogens with one attached hydrogen (secondary N) is 2. The van der Waals surface area contributed by atoms with E-state index in [0.29, 0.717) is 24.4 Å². The Labute approximate surface area is 184 Å². The van der Waals surface area contributed by atoms with Gasteiger partial charge in [-0.25, -0.2) is 0 Å². The molecule has 0 spiro atoms. The summed E-state index contributed by atoms with van der Waals surface area (Å²) in [5.74, 6) is -0.268. The maximum Gasteiger partial charge on any atom is 0.251 e. The highest BCUT2D eigenvalue weighted by Crippen LogP contribution is 2.40. The molecule has 2 atom stereocenters. The number of aliphatic hydroxyl groups is 1. The number of carbonyl (C=O) groups excluding carboxylic acids is 2. The molecule has 0 aromatic heterocycles. The first-order chi connectivity index (χ1) is 14.8. The summed E-state index contributed by atoms with van der Waals surface area (Å²) in [5.41, 5.74) is 4.80. The van der Waals surface area contributed by atoms with Gasteiger partial charge in [-0.15, -0.1) is 0 Å². The van der Waals surface area contributed by atoms with E-state index < -0.39 is 5.60 Å². The number of rotatable bonds is 8. The number of amides is 2. The highest BCUT2D eigenvalue weighted by Gasteiger charge is 2.33. The molecule has 1 heterocycles. The Hall–Kier alpha value is -2.66. The average Bonchev–Trinajstić information content (AvgIpc) is 3.47. The molecule has 5 heteroatoms. The van der Waals surface area contributed by atoms with E-state index >= 15 is 0 Å². The van der Waals surface area contributed by atoms with Crippen molar-refractivity contribution in [3.8, 4) is 11.1 Å². The zero-order chi connectivity index (χ0) is 22.2. The number of hydrogen-bond donors (Lipinski definition) is 3. The number of carbonyl (C=O) groups is 2. The first-order valence-electron chi connectivity index (χ1n) is 11.4. The lowest BCUT2D eigenvalue weighted by atomic mass is 9.87. The molecule has 1 aliphatic heterocycles. The van der Waals surface area contributed by atoms with Crippen molar-refractivity contribution in [1.82, 2.24) is 5.32 Å². The average molecular weight is 421 g/mol. The number of benzene rings is 2. The quantitative estimate of drug-likeness (QED) is 0.567. The Morgan fingerprint density at radius 1 is 1.19 bits per heavy atom. The molecule has 5 nitrogen and oxygen atoms in total. The molecule has 0 saturated heterocycles. The smallest absolute Gasteiger partial charge is 0.251 e. The third kappa shape index (κ3) is 4.82. The van der Waals surface area contributed by atoms with Crippen molar-refractivity contribution in [2.75, 3.05) is 5.32 Å². The molecule has 2 aliphatic rings. The summed E-state index contributed by atoms with van der Waals surface area (Å²) in [7, 11) is 0. The van der Waals surface area contributed by atoms with Crippen LogP contribution in [0.5, 0.6) is 0 Å². The number of anilines is 1. The summed E-state index contributed by atoms with van der Waals surface area (Å²) >= 11 is 0. The van der Waals surface area contributed by atoms with Crippen LogP contribution >= 0.6 is 0 Å². The van der Waals surface area contributed by atoms with E-state index in [9.17, 15) is 14.7 Å². The van der Waals surface area contributed by atoms with E-state index in [2.05, 4.69) is 17.6 Å². The molecule has 31 heavy (non-hydrogen) atoms. The van der Waals surface area contributed by atoms with Crippen LogP contribution in [0.1, 0.15) is 79.8 Å². The predicted octanol–water partition coefficient (Wildman–Crippen LogP) is 4.92. The third-order valence-electron chi connectivity index (χ3n) is 6.49. The normalized spacial score (nSPS) is 19.5. The van der Waals surface area contributed by atoms with Gasteiger partial charge >= 0.3 is 0 Å². The molecule has 2 unspecified atom stereocenters. The zero-order valence-corrected chi connectivity index (χ0v) is 18.6. The minimum absolute atomic E-state index is 0.00580. The van der Waals surface area contributed by atoms with E-state index in [0.717, 1.165) is 53.6 Å². The van der Waals surface area contributed by atoms with Crippen LogP contribution in [0.3, 0.4) is 0 Å². The van der Waals surface area contributed by atoms with Gasteiger partial charge in [-0.3, -0.25) is 9.59 Å². The van der Waals surface area contributed by atoms with Crippen molar-refractivity contribution in [3.05, 3.63) is 53.1 Å². The fourth-order valence-corrected chi connectivity index (χ4v) is 4.47. The molecule has 164 valence electrons. The monoisotopic (exact) mass is 420 g/mol. The Bertz CT molecular complexity index is 1010. The van der Waals surface area contributed by atoms with Crippen LogP contribution in [-0.2, 0) is 4.79 Å². The van der Waals surface area contributed by atoms with E-state index in [-0.39, 0.29) is 17.7 Å². The summed E-state index contributed by atoms with van der Waals surface area (Å²) in [5, 5.41) is 16.6. The maximum atomic E-state index is 12.6. The second kappa shape index (κ2) is 8.46. The van der Waals surface area contributed by atoms with Gasteiger partial charge < -0.3 is 15.7 Å². The van der Waals surface area contributed by atoms with Gasteiger partial charge in [0.15, 0.2) is 0 Å². The third-order valence-corrected chi connectivity index (χ3v) is 6.49. The van der Waals surface area contributed by atoms with Gasteiger partial charge in [-0.2, -0.15) is 0 Å². The molecule has 2 amide bonds. The van der Waals surface area contributed by atoms with Crippen molar-refractivity contribution >= 4 is 17.5 Å². The first-order valence-corrected chi connectivity index (χ1v) is 11.4. The minimum Gasteiger partial charge on any atom is -0.390 e. The molecule has 3 N–H and O–H groups in total. The maximum absolute atomic E-state index is 12.6. The van der Waals surface area contributed by atoms with Gasteiger partial charge in [-0.1, -0.05) is 31.5 Å². The predicted molar refractivity (Wildman–Crippen MR) is 123 cm³/mol. The van der Waals surface area contributed by atoms with Crippen LogP contribution in [-0.4, -0.2) is 28.6 Å². The van der Waals surface area contributed by atoms with Crippen LogP contribution in [0, 0.1) is 6.92 Å². The Kier molecular flexibility index (Phi) is 5.89. The zero-order valence-electron chi connectivity index (χ0n) is 18.6. The van der Waals surface area contributed by atoms with Crippen LogP contribution in [0.15, 0.2) is 36.4 Å². The van der Waals surface area contributed by atoms with E-state index in [1.54, 1.807) is 0 Å². The Balaban J connectivity index is 1.56. The molecule has 1 saturated carbocycles. The van der Waals surface area contributed by atoms with Gasteiger partial charge in [-0.05, 0) is 86.4 Å². The molecular weight excluding hydrogens is 388 g/mol. The summed E-state index contributed by atoms with van der Waals surface area (Å²) in [4.78, 5) is 25.1. The number of aryl methyl sites for hydroxylation is 1. The largest absolute Gasteiger partial charge is 0.390 e. The lowest BCUT2D eigenvalue weighted by molar-refractivity contribution is -0.117. The molecule has 0 bridgehead atoms. The van der Waals surface area contributed by atoms with Gasteiger partial charge in [0.05, 0.1) is 11.5 Å². The van der Waals surface area contributed by atoms with Crippen LogP contribution in [0.4, 0.5) is 5.69 Å². The molecule has 2 aromatic carbocycles. The topological polar surface area (TPSA) is 78.4 Å². The lowest BCUT2D eigenvalue weighted by Crippen LogP contribution is -2.25. The van der Waals surface area contributed by atoms with E-state index in [1.165, 1.54) is 0 Å². The van der Waals surface area contributed by atoms with E-state index in [1.807, 2.05) is 50.2 Å². The molecule has 4 rings (SSSR count). The Morgan fingerprint density at radius 3 is 2.68 bits per heavy atom. The van der Waals surface area contributed by atoms with Gasteiger partial charge in [0.25, 0.3) is 5.91 Å². The van der Waals surface area contributed by atoms with Crippen molar-refractivity contribution < 1.29 is 14.7 Å². The van der Waals surface area contributed by atoms with Crippen molar-refractivity contribution in [2.24, 2.45) is 0 Å². The fraction of sp³-hybridized carbons (Fsp3) is 0.462. The van der Waals surface area contributed by atoms with E-state index in [4.69, 9.17) is 0 Å². The van der Waals surface area contributed by atoms with Crippen LogP contribution < -0.4 is 10.6 Å². The summed E-state index contributed by atoms with van der Waals surface area (Å²) in [6.45, 7) is 5.94. The van der Waals surface area contributed by atoms with Crippen molar-refractivity contribution in [2.45, 2.75) is 76.9 Å². The standard InChI is InChI=1S/C26H32N2O3/c1-4-12-26(3,31)13-11-21-20-10-7-17(15-23(20)28-25(21)30)22-14-18(6-5-16(22)2)24(29)27-19-8-9-19/h5-7,10,14-15,19,21,31H,4,8-9,11-13H2,1-3H3,(H,27,29)(H,28,30). The van der Waals surface area contributed by atoms with Gasteiger partial charge in [0, 0.05) is 17.3 Å². The second-order valence-corrected chi connectivity index (χ2v) is 9.41. The molecular formula is C26H32N2O3. The van der Waals surface area contributed by atoms with Crippen molar-refractivity contribution in [1.29, 1.82) is 0 Å². The van der Waals surface area contributed by atoms with Crippen molar-refractivity contribution in [3.63, 3.8) is 0 Å². The van der Waals surface area contributed by atoms with Crippen LogP contribution in [0.25, 0.3) is 11.1 Å². The molecule has 0 radical (unpaired) electrons.